The first-order chi connectivity index (χ1) is 56.5. The summed E-state index contributed by atoms with van der Waals surface area (Å²) in [4.78, 5) is 20.6. The van der Waals surface area contributed by atoms with Gasteiger partial charge < -0.3 is 8.83 Å². The second-order valence-corrected chi connectivity index (χ2v) is 33.6. The van der Waals surface area contributed by atoms with E-state index in [0.717, 1.165) is 134 Å². The maximum Gasteiger partial charge on any atom is 0.227 e. The molecular formula is C110H84N4O2. The smallest absolute Gasteiger partial charge is 0.227 e. The lowest BCUT2D eigenvalue weighted by atomic mass is 9.80. The van der Waals surface area contributed by atoms with E-state index in [1.807, 2.05) is 38.2 Å². The molecule has 18 aromatic rings. The van der Waals surface area contributed by atoms with Crippen LogP contribution < -0.4 is 0 Å². The molecule has 6 heteroatoms. The van der Waals surface area contributed by atoms with E-state index < -0.39 is 0 Å². The SMILES string of the molecule is CC.CC1(C)c2ccccc2-c2ccc(-c3cc4nc(-c5ccc(-c6ccc(-c7ccc(-c8ccccn8)nc7-c7ccc(-c8ccc(-c9nc%10cc(-c%11ccc%12c(c%11)C(C)(C)c%11ccccc%11-%12)c(-c%11ccc%12c(c%11)C(C)(C)c%11ccccc%11-%12)cc%10o9)cc8)cc7)cc6)cc5)oc4cc3-c3ccc4c(c3)C(C)(C)c3ccccc3-4)cc21. The molecular weight excluding hydrogens is 1410 g/mol. The lowest BCUT2D eigenvalue weighted by Crippen LogP contribution is -2.15. The molecule has 6 nitrogen and oxygen atoms in total. The quantitative estimate of drug-likeness (QED) is 0.128. The summed E-state index contributed by atoms with van der Waals surface area (Å²) in [5.41, 5.74) is 44.5. The van der Waals surface area contributed by atoms with Crippen LogP contribution in [0.25, 0.3) is 190 Å². The zero-order valence-corrected chi connectivity index (χ0v) is 66.8. The molecule has 4 aliphatic rings. The summed E-state index contributed by atoms with van der Waals surface area (Å²) in [7, 11) is 0. The zero-order valence-electron chi connectivity index (χ0n) is 66.8. The number of nitrogens with zero attached hydrogens (tertiary/aromatic N) is 4. The van der Waals surface area contributed by atoms with Gasteiger partial charge in [-0.2, -0.15) is 0 Å². The Morgan fingerprint density at radius 3 is 0.836 bits per heavy atom. The van der Waals surface area contributed by atoms with Crippen molar-refractivity contribution in [2.45, 2.75) is 90.9 Å². The molecule has 116 heavy (non-hydrogen) atoms. The van der Waals surface area contributed by atoms with Gasteiger partial charge >= 0.3 is 0 Å². The van der Waals surface area contributed by atoms with E-state index in [-0.39, 0.29) is 21.7 Å². The molecule has 0 fully saturated rings. The number of aromatic nitrogens is 4. The van der Waals surface area contributed by atoms with E-state index in [9.17, 15) is 0 Å². The van der Waals surface area contributed by atoms with Crippen LogP contribution in [0.3, 0.4) is 0 Å². The van der Waals surface area contributed by atoms with Gasteiger partial charge in [0.15, 0.2) is 11.2 Å². The Morgan fingerprint density at radius 1 is 0.207 bits per heavy atom. The van der Waals surface area contributed by atoms with Gasteiger partial charge in [0.1, 0.15) is 11.0 Å². The summed E-state index contributed by atoms with van der Waals surface area (Å²) in [6, 6.07) is 117. The highest BCUT2D eigenvalue weighted by Gasteiger charge is 2.40. The molecule has 22 rings (SSSR count). The van der Waals surface area contributed by atoms with Crippen molar-refractivity contribution < 1.29 is 8.83 Å². The Balaban J connectivity index is 0.00000417. The summed E-state index contributed by atoms with van der Waals surface area (Å²) in [5, 5.41) is 0. The third-order valence-electron chi connectivity index (χ3n) is 25.7. The van der Waals surface area contributed by atoms with Crippen molar-refractivity contribution in [2.75, 3.05) is 0 Å². The van der Waals surface area contributed by atoms with Crippen LogP contribution in [0, 0.1) is 0 Å². The van der Waals surface area contributed by atoms with E-state index in [0.29, 0.717) is 11.8 Å². The molecule has 14 aromatic carbocycles. The predicted octanol–water partition coefficient (Wildman–Crippen LogP) is 29.3. The average molecular weight is 1490 g/mol. The number of pyridine rings is 2. The van der Waals surface area contributed by atoms with E-state index in [1.54, 1.807) is 0 Å². The van der Waals surface area contributed by atoms with Crippen LogP contribution in [-0.2, 0) is 21.7 Å². The van der Waals surface area contributed by atoms with Crippen molar-refractivity contribution in [2.24, 2.45) is 0 Å². The van der Waals surface area contributed by atoms with Crippen LogP contribution in [0.1, 0.15) is 114 Å². The van der Waals surface area contributed by atoms with Crippen molar-refractivity contribution in [3.63, 3.8) is 0 Å². The van der Waals surface area contributed by atoms with E-state index in [1.165, 1.54) is 89.0 Å². The van der Waals surface area contributed by atoms with Crippen molar-refractivity contribution in [1.82, 2.24) is 19.9 Å². The Morgan fingerprint density at radius 2 is 0.491 bits per heavy atom. The molecule has 4 heterocycles. The van der Waals surface area contributed by atoms with Crippen molar-refractivity contribution in [3.05, 3.63) is 372 Å². The van der Waals surface area contributed by atoms with E-state index >= 15 is 0 Å². The van der Waals surface area contributed by atoms with Crippen LogP contribution in [-0.4, -0.2) is 19.9 Å². The minimum absolute atomic E-state index is 0.151. The van der Waals surface area contributed by atoms with Gasteiger partial charge in [0.2, 0.25) is 11.8 Å². The lowest BCUT2D eigenvalue weighted by Gasteiger charge is -2.23. The number of oxazole rings is 2. The summed E-state index contributed by atoms with van der Waals surface area (Å²) in [6.07, 6.45) is 1.82. The fraction of sp³-hybridized carbons (Fsp3) is 0.127. The van der Waals surface area contributed by atoms with Crippen molar-refractivity contribution >= 4 is 22.2 Å². The molecule has 0 unspecified atom stereocenters. The highest BCUT2D eigenvalue weighted by Crippen LogP contribution is 2.56. The molecule has 0 spiro atoms. The first kappa shape index (κ1) is 70.2. The Kier molecular flexibility index (Phi) is 16.0. The third kappa shape index (κ3) is 11.0. The number of rotatable bonds is 11. The maximum absolute atomic E-state index is 6.83. The number of hydrogen-bond donors (Lipinski definition) is 0. The molecule has 4 aromatic heterocycles. The zero-order chi connectivity index (χ0) is 78.7. The van der Waals surface area contributed by atoms with Crippen molar-refractivity contribution in [3.8, 4) is 168 Å². The van der Waals surface area contributed by atoms with Crippen LogP contribution >= 0.6 is 0 Å². The Bertz CT molecular complexity index is 6760. The maximum atomic E-state index is 6.83. The van der Waals surface area contributed by atoms with Gasteiger partial charge in [-0.3, -0.25) is 4.98 Å². The summed E-state index contributed by atoms with van der Waals surface area (Å²) in [5.74, 6) is 1.16. The van der Waals surface area contributed by atoms with Crippen LogP contribution in [0.5, 0.6) is 0 Å². The lowest BCUT2D eigenvalue weighted by molar-refractivity contribution is 0.619. The topological polar surface area (TPSA) is 77.8 Å². The molecule has 4 aliphatic carbocycles. The minimum atomic E-state index is -0.154. The first-order valence-electron chi connectivity index (χ1n) is 40.7. The van der Waals surface area contributed by atoms with Gasteiger partial charge in [-0.15, -0.1) is 0 Å². The molecule has 0 aliphatic heterocycles. The molecule has 0 saturated carbocycles. The highest BCUT2D eigenvalue weighted by atomic mass is 16.4. The van der Waals surface area contributed by atoms with Gasteiger partial charge in [0.05, 0.1) is 17.1 Å². The Labute approximate surface area is 677 Å². The Hall–Kier alpha value is -13.7. The van der Waals surface area contributed by atoms with Crippen molar-refractivity contribution in [1.29, 1.82) is 0 Å². The molecule has 0 atom stereocenters. The fourth-order valence-corrected chi connectivity index (χ4v) is 19.5. The largest absolute Gasteiger partial charge is 0.436 e. The third-order valence-corrected chi connectivity index (χ3v) is 25.7. The summed E-state index contributed by atoms with van der Waals surface area (Å²) in [6.45, 7) is 22.8. The fourth-order valence-electron chi connectivity index (χ4n) is 19.5. The van der Waals surface area contributed by atoms with Gasteiger partial charge in [-0.25, -0.2) is 15.0 Å². The molecule has 0 bridgehead atoms. The molecule has 0 amide bonds. The molecule has 0 radical (unpaired) electrons. The highest BCUT2D eigenvalue weighted by molar-refractivity contribution is 5.99. The monoisotopic (exact) mass is 1490 g/mol. The second kappa shape index (κ2) is 26.5. The van der Waals surface area contributed by atoms with Gasteiger partial charge in [0, 0.05) is 50.1 Å². The normalized spacial score (nSPS) is 14.2. The predicted molar refractivity (Wildman–Crippen MR) is 479 cm³/mol. The second-order valence-electron chi connectivity index (χ2n) is 33.6. The number of benzene rings is 14. The molecule has 556 valence electrons. The molecule has 0 saturated heterocycles. The minimum Gasteiger partial charge on any atom is -0.436 e. The van der Waals surface area contributed by atoms with Gasteiger partial charge in [0.25, 0.3) is 0 Å². The van der Waals surface area contributed by atoms with E-state index in [2.05, 4.69) is 359 Å². The number of fused-ring (bicyclic) bond motifs is 14. The van der Waals surface area contributed by atoms with Crippen LogP contribution in [0.15, 0.2) is 337 Å². The van der Waals surface area contributed by atoms with Crippen LogP contribution in [0.2, 0.25) is 0 Å². The summed E-state index contributed by atoms with van der Waals surface area (Å²) >= 11 is 0. The van der Waals surface area contributed by atoms with Crippen LogP contribution in [0.4, 0.5) is 0 Å². The standard InChI is InChI=1S/C108H78N4O2.C2H6/c1-105(2)88-23-13-9-19-76(88)80-48-44-71(55-92(80)105)84-59-98-100(61-86(84)73-46-50-82-78-21-11-15-25-90(78)107(5,6)94(82)57-73)113-103(111-98)69-40-32-65(33-41-69)63-28-36-67(37-29-63)75-52-53-97(96-27-17-18-54-109-96)110-102(75)68-38-30-64(31-39-68)66-34-42-70(43-35-66)104-112-99-60-85(72-45-49-81-77-20-10-14-24-89(77)106(3,4)93(81)56-72)87(62-101(99)114-104)74-47-51-83-79-22-12-16-26-91(79)108(7,8)95(83)58-74;1-2/h9-62H,1-8H3;1-2H3. The molecule has 0 N–H and O–H groups in total. The van der Waals surface area contributed by atoms with Gasteiger partial charge in [-0.05, 0) is 258 Å². The average Bonchev–Trinajstić information content (AvgIpc) is 1.58. The number of hydrogen-bond acceptors (Lipinski definition) is 6. The van der Waals surface area contributed by atoms with E-state index in [4.69, 9.17) is 28.8 Å². The summed E-state index contributed by atoms with van der Waals surface area (Å²) < 4.78 is 13.7. The first-order valence-corrected chi connectivity index (χ1v) is 40.7. The van der Waals surface area contributed by atoms with Gasteiger partial charge in [-0.1, -0.05) is 294 Å².